The largest absolute Gasteiger partial charge is 0.465 e. The number of ether oxygens (including phenoxy) is 1. The van der Waals surface area contributed by atoms with Crippen LogP contribution >= 0.6 is 22.9 Å². The summed E-state index contributed by atoms with van der Waals surface area (Å²) in [5, 5.41) is 5.86. The van der Waals surface area contributed by atoms with Gasteiger partial charge in [-0.1, -0.05) is 35.9 Å². The molecular weight excluding hydrogens is 306 g/mol. The van der Waals surface area contributed by atoms with Crippen molar-refractivity contribution in [3.8, 4) is 0 Å². The predicted octanol–water partition coefficient (Wildman–Crippen LogP) is 3.84. The molecule has 112 valence electrons. The Bertz CT molecular complexity index is 571. The molecule has 1 N–H and O–H groups in total. The highest BCUT2D eigenvalue weighted by atomic mass is 35.5. The lowest BCUT2D eigenvalue weighted by atomic mass is 10.1. The Labute approximate surface area is 133 Å². The molecule has 2 rings (SSSR count). The number of benzene rings is 1. The number of esters is 1. The smallest absolute Gasteiger partial charge is 0.327 e. The first kappa shape index (κ1) is 16.0. The summed E-state index contributed by atoms with van der Waals surface area (Å²) in [5.74, 6) is -0.295. The first-order chi connectivity index (χ1) is 10.2. The quantitative estimate of drug-likeness (QED) is 0.787. The van der Waals surface area contributed by atoms with E-state index in [1.165, 1.54) is 4.88 Å². The van der Waals surface area contributed by atoms with Gasteiger partial charge in [0.05, 0.1) is 6.61 Å². The highest BCUT2D eigenvalue weighted by Gasteiger charge is 2.23. The molecule has 0 aliphatic heterocycles. The van der Waals surface area contributed by atoms with Gasteiger partial charge in [-0.3, -0.25) is 0 Å². The number of halogens is 1. The molecular formula is C16H18ClNO2S. The van der Waals surface area contributed by atoms with Gasteiger partial charge in [-0.2, -0.15) is 0 Å². The van der Waals surface area contributed by atoms with Gasteiger partial charge in [-0.25, -0.2) is 4.79 Å². The van der Waals surface area contributed by atoms with Crippen molar-refractivity contribution in [3.05, 3.63) is 57.2 Å². The maximum Gasteiger partial charge on any atom is 0.327 e. The topological polar surface area (TPSA) is 38.3 Å². The molecule has 0 bridgehead atoms. The molecule has 2 aromatic rings. The van der Waals surface area contributed by atoms with E-state index in [1.54, 1.807) is 24.3 Å². The van der Waals surface area contributed by atoms with Crippen LogP contribution in [-0.2, 0) is 16.0 Å². The maximum absolute atomic E-state index is 12.1. The second kappa shape index (κ2) is 8.17. The Morgan fingerprint density at radius 1 is 1.33 bits per heavy atom. The Morgan fingerprint density at radius 2 is 2.14 bits per heavy atom. The Hall–Kier alpha value is -1.36. The highest BCUT2D eigenvalue weighted by Crippen LogP contribution is 2.24. The van der Waals surface area contributed by atoms with E-state index in [9.17, 15) is 4.79 Å². The monoisotopic (exact) mass is 323 g/mol. The molecule has 0 fully saturated rings. The minimum absolute atomic E-state index is 0.295. The fourth-order valence-corrected chi connectivity index (χ4v) is 3.00. The number of carbonyl (C=O) groups excluding carboxylic acids is 1. The summed E-state index contributed by atoms with van der Waals surface area (Å²) in [5.41, 5.74) is 0.754. The summed E-state index contributed by atoms with van der Waals surface area (Å²) in [6.45, 7) is 2.84. The molecule has 5 heteroatoms. The normalized spacial score (nSPS) is 12.1. The SMILES string of the molecule is CCOC(=O)[C@@H](NCCc1cccs1)c1ccccc1Cl. The van der Waals surface area contributed by atoms with Crippen molar-refractivity contribution in [3.63, 3.8) is 0 Å². The van der Waals surface area contributed by atoms with Gasteiger partial charge in [0.2, 0.25) is 0 Å². The van der Waals surface area contributed by atoms with Crippen LogP contribution in [0, 0.1) is 0 Å². The van der Waals surface area contributed by atoms with E-state index in [0.717, 1.165) is 12.0 Å². The Balaban J connectivity index is 2.05. The summed E-state index contributed by atoms with van der Waals surface area (Å²) < 4.78 is 5.14. The van der Waals surface area contributed by atoms with Crippen molar-refractivity contribution in [1.82, 2.24) is 5.32 Å². The lowest BCUT2D eigenvalue weighted by molar-refractivity contribution is -0.145. The van der Waals surface area contributed by atoms with Crippen LogP contribution in [0.1, 0.15) is 23.4 Å². The summed E-state index contributed by atoms with van der Waals surface area (Å²) >= 11 is 7.91. The summed E-state index contributed by atoms with van der Waals surface area (Å²) in [4.78, 5) is 13.4. The van der Waals surface area contributed by atoms with Crippen molar-refractivity contribution >= 4 is 28.9 Å². The van der Waals surface area contributed by atoms with Crippen LogP contribution in [0.5, 0.6) is 0 Å². The van der Waals surface area contributed by atoms with Crippen LogP contribution in [0.4, 0.5) is 0 Å². The minimum atomic E-state index is -0.529. The van der Waals surface area contributed by atoms with E-state index in [1.807, 2.05) is 29.6 Å². The van der Waals surface area contributed by atoms with Crippen molar-refractivity contribution in [2.24, 2.45) is 0 Å². The first-order valence-electron chi connectivity index (χ1n) is 6.89. The standard InChI is InChI=1S/C16H18ClNO2S/c1-2-20-16(19)15(13-7-3-4-8-14(13)17)18-10-9-12-6-5-11-21-12/h3-8,11,15,18H,2,9-10H2,1H3/t15-/m0/s1. The van der Waals surface area contributed by atoms with E-state index in [-0.39, 0.29) is 5.97 Å². The molecule has 0 unspecified atom stereocenters. The molecule has 0 amide bonds. The average Bonchev–Trinajstić information content (AvgIpc) is 2.98. The van der Waals surface area contributed by atoms with Crippen molar-refractivity contribution in [2.75, 3.05) is 13.2 Å². The molecule has 0 radical (unpaired) electrons. The van der Waals surface area contributed by atoms with Gasteiger partial charge in [-0.05, 0) is 36.4 Å². The van der Waals surface area contributed by atoms with E-state index in [4.69, 9.17) is 16.3 Å². The van der Waals surface area contributed by atoms with E-state index in [0.29, 0.717) is 18.2 Å². The summed E-state index contributed by atoms with van der Waals surface area (Å²) in [6.07, 6.45) is 0.873. The van der Waals surface area contributed by atoms with Gasteiger partial charge in [0.15, 0.2) is 0 Å². The third-order valence-electron chi connectivity index (χ3n) is 3.04. The van der Waals surface area contributed by atoms with Crippen LogP contribution < -0.4 is 5.32 Å². The fourth-order valence-electron chi connectivity index (χ4n) is 2.05. The average molecular weight is 324 g/mol. The molecule has 1 heterocycles. The minimum Gasteiger partial charge on any atom is -0.465 e. The van der Waals surface area contributed by atoms with Crippen molar-refractivity contribution in [2.45, 2.75) is 19.4 Å². The molecule has 0 saturated heterocycles. The molecule has 1 aromatic carbocycles. The third kappa shape index (κ3) is 4.56. The van der Waals surface area contributed by atoms with Gasteiger partial charge in [-0.15, -0.1) is 11.3 Å². The zero-order valence-electron chi connectivity index (χ0n) is 11.8. The molecule has 0 aliphatic carbocycles. The van der Waals surface area contributed by atoms with Gasteiger partial charge in [0, 0.05) is 16.4 Å². The number of nitrogens with one attached hydrogen (secondary N) is 1. The summed E-state index contributed by atoms with van der Waals surface area (Å²) in [6, 6.07) is 10.9. The number of carbonyl (C=O) groups is 1. The van der Waals surface area contributed by atoms with Crippen LogP contribution in [0.2, 0.25) is 5.02 Å². The third-order valence-corrected chi connectivity index (χ3v) is 4.32. The number of hydrogen-bond donors (Lipinski definition) is 1. The van der Waals surface area contributed by atoms with E-state index < -0.39 is 6.04 Å². The van der Waals surface area contributed by atoms with Crippen LogP contribution in [0.3, 0.4) is 0 Å². The molecule has 0 aliphatic rings. The molecule has 0 spiro atoms. The number of thiophene rings is 1. The first-order valence-corrected chi connectivity index (χ1v) is 8.15. The van der Waals surface area contributed by atoms with Crippen LogP contribution in [-0.4, -0.2) is 19.1 Å². The zero-order chi connectivity index (χ0) is 15.1. The fraction of sp³-hybridized carbons (Fsp3) is 0.312. The van der Waals surface area contributed by atoms with Crippen molar-refractivity contribution < 1.29 is 9.53 Å². The number of hydrogen-bond acceptors (Lipinski definition) is 4. The molecule has 21 heavy (non-hydrogen) atoms. The highest BCUT2D eigenvalue weighted by molar-refractivity contribution is 7.09. The van der Waals surface area contributed by atoms with Crippen LogP contribution in [0.15, 0.2) is 41.8 Å². The Morgan fingerprint density at radius 3 is 2.81 bits per heavy atom. The van der Waals surface area contributed by atoms with Gasteiger partial charge in [0.25, 0.3) is 0 Å². The second-order valence-corrected chi connectivity index (χ2v) is 5.93. The lowest BCUT2D eigenvalue weighted by Crippen LogP contribution is -2.31. The lowest BCUT2D eigenvalue weighted by Gasteiger charge is -2.18. The van der Waals surface area contributed by atoms with Crippen LogP contribution in [0.25, 0.3) is 0 Å². The number of rotatable bonds is 7. The molecule has 0 saturated carbocycles. The van der Waals surface area contributed by atoms with Gasteiger partial charge < -0.3 is 10.1 Å². The second-order valence-electron chi connectivity index (χ2n) is 4.49. The van der Waals surface area contributed by atoms with Crippen molar-refractivity contribution in [1.29, 1.82) is 0 Å². The molecule has 1 aromatic heterocycles. The van der Waals surface area contributed by atoms with E-state index >= 15 is 0 Å². The maximum atomic E-state index is 12.1. The van der Waals surface area contributed by atoms with Gasteiger partial charge in [0.1, 0.15) is 6.04 Å². The predicted molar refractivity (Wildman–Crippen MR) is 86.9 cm³/mol. The summed E-state index contributed by atoms with van der Waals surface area (Å²) in [7, 11) is 0. The Kier molecular flexibility index (Phi) is 6.23. The zero-order valence-corrected chi connectivity index (χ0v) is 13.4. The molecule has 1 atom stereocenters. The van der Waals surface area contributed by atoms with Gasteiger partial charge >= 0.3 is 5.97 Å². The molecule has 3 nitrogen and oxygen atoms in total. The van der Waals surface area contributed by atoms with E-state index in [2.05, 4.69) is 11.4 Å².